The van der Waals surface area contributed by atoms with Gasteiger partial charge in [-0.3, -0.25) is 9.69 Å². The van der Waals surface area contributed by atoms with Crippen LogP contribution in [0.5, 0.6) is 0 Å². The molecule has 3 rings (SSSR count). The first-order valence-electron chi connectivity index (χ1n) is 7.34. The first-order valence-corrected chi connectivity index (χ1v) is 7.34. The van der Waals surface area contributed by atoms with Gasteiger partial charge in [-0.25, -0.2) is 0 Å². The van der Waals surface area contributed by atoms with Gasteiger partial charge in [-0.15, -0.1) is 0 Å². The number of carboxylic acid groups (broad SMARTS) is 1. The minimum absolute atomic E-state index is 0.293. The van der Waals surface area contributed by atoms with Crippen LogP contribution in [0.2, 0.25) is 0 Å². The van der Waals surface area contributed by atoms with Gasteiger partial charge < -0.3 is 5.11 Å². The molecule has 1 aliphatic carbocycles. The molecule has 0 spiro atoms. The van der Waals surface area contributed by atoms with Gasteiger partial charge in [0, 0.05) is 6.04 Å². The maximum absolute atomic E-state index is 11.5. The Labute approximate surface area is 114 Å². The van der Waals surface area contributed by atoms with Crippen molar-refractivity contribution in [2.75, 3.05) is 6.54 Å². The van der Waals surface area contributed by atoms with Crippen molar-refractivity contribution in [1.82, 2.24) is 4.90 Å². The maximum Gasteiger partial charge on any atom is 0.320 e. The normalized spacial score (nSPS) is 27.8. The number of aryl methyl sites for hydroxylation is 1. The van der Waals surface area contributed by atoms with Gasteiger partial charge in [0.2, 0.25) is 0 Å². The molecule has 2 unspecified atom stereocenters. The number of carboxylic acids is 1. The minimum Gasteiger partial charge on any atom is -0.480 e. The summed E-state index contributed by atoms with van der Waals surface area (Å²) in [7, 11) is 0. The highest BCUT2D eigenvalue weighted by Gasteiger charge is 2.35. The molecule has 1 aromatic rings. The summed E-state index contributed by atoms with van der Waals surface area (Å²) in [5.74, 6) is -0.647. The third kappa shape index (κ3) is 2.39. The van der Waals surface area contributed by atoms with E-state index in [1.807, 2.05) is 0 Å². The Bertz CT molecular complexity index is 472. The quantitative estimate of drug-likeness (QED) is 0.887. The number of fused-ring (bicyclic) bond motifs is 1. The van der Waals surface area contributed by atoms with Crippen molar-refractivity contribution in [3.63, 3.8) is 0 Å². The van der Waals surface area contributed by atoms with E-state index in [1.165, 1.54) is 11.1 Å². The predicted octanol–water partition coefficient (Wildman–Crippen LogP) is 3.00. The number of hydrogen-bond donors (Lipinski definition) is 1. The lowest BCUT2D eigenvalue weighted by atomic mass is 10.0. The van der Waals surface area contributed by atoms with Crippen molar-refractivity contribution >= 4 is 5.97 Å². The summed E-state index contributed by atoms with van der Waals surface area (Å²) in [5.41, 5.74) is 2.76. The van der Waals surface area contributed by atoms with Gasteiger partial charge in [-0.2, -0.15) is 0 Å². The largest absolute Gasteiger partial charge is 0.480 e. The molecule has 2 atom stereocenters. The van der Waals surface area contributed by atoms with Crippen molar-refractivity contribution in [1.29, 1.82) is 0 Å². The zero-order valence-corrected chi connectivity index (χ0v) is 11.2. The topological polar surface area (TPSA) is 40.5 Å². The monoisotopic (exact) mass is 259 g/mol. The lowest BCUT2D eigenvalue weighted by Crippen LogP contribution is -2.42. The van der Waals surface area contributed by atoms with Crippen LogP contribution >= 0.6 is 0 Å². The zero-order valence-electron chi connectivity index (χ0n) is 11.2. The molecular weight excluding hydrogens is 238 g/mol. The van der Waals surface area contributed by atoms with E-state index in [4.69, 9.17) is 0 Å². The Hall–Kier alpha value is -1.35. The molecule has 1 saturated heterocycles. The highest BCUT2D eigenvalue weighted by molar-refractivity contribution is 5.73. The fourth-order valence-electron chi connectivity index (χ4n) is 3.65. The average molecular weight is 259 g/mol. The molecule has 2 aliphatic rings. The van der Waals surface area contributed by atoms with Crippen LogP contribution in [0.3, 0.4) is 0 Å². The van der Waals surface area contributed by atoms with Gasteiger partial charge in [0.15, 0.2) is 0 Å². The van der Waals surface area contributed by atoms with E-state index in [2.05, 4.69) is 29.2 Å². The van der Waals surface area contributed by atoms with Crippen LogP contribution in [-0.2, 0) is 11.2 Å². The minimum atomic E-state index is -0.647. The second-order valence-electron chi connectivity index (χ2n) is 5.69. The first kappa shape index (κ1) is 12.7. The standard InChI is InChI=1S/C16H21NO2/c18-16(19)15-8-2-1-5-11-17(15)14-10-9-12-6-3-4-7-13(12)14/h3-4,6-7,14-15H,1-2,5,8-11H2,(H,18,19). The second-order valence-corrected chi connectivity index (χ2v) is 5.69. The summed E-state index contributed by atoms with van der Waals surface area (Å²) in [6.45, 7) is 0.927. The Balaban J connectivity index is 1.89. The Morgan fingerprint density at radius 3 is 2.84 bits per heavy atom. The van der Waals surface area contributed by atoms with Gasteiger partial charge in [0.25, 0.3) is 0 Å². The number of likely N-dealkylation sites (tertiary alicyclic amines) is 1. The zero-order chi connectivity index (χ0) is 13.2. The number of carbonyl (C=O) groups is 1. The summed E-state index contributed by atoms with van der Waals surface area (Å²) >= 11 is 0. The third-order valence-corrected chi connectivity index (χ3v) is 4.58. The van der Waals surface area contributed by atoms with Crippen LogP contribution in [0.1, 0.15) is 49.3 Å². The second kappa shape index (κ2) is 5.33. The van der Waals surface area contributed by atoms with Crippen molar-refractivity contribution in [2.45, 2.75) is 50.6 Å². The number of benzene rings is 1. The molecule has 19 heavy (non-hydrogen) atoms. The van der Waals surface area contributed by atoms with Crippen molar-refractivity contribution in [3.8, 4) is 0 Å². The van der Waals surface area contributed by atoms with E-state index in [1.54, 1.807) is 0 Å². The number of hydrogen-bond acceptors (Lipinski definition) is 2. The fraction of sp³-hybridized carbons (Fsp3) is 0.562. The van der Waals surface area contributed by atoms with Crippen LogP contribution in [0.15, 0.2) is 24.3 Å². The van der Waals surface area contributed by atoms with Crippen molar-refractivity contribution < 1.29 is 9.90 Å². The Morgan fingerprint density at radius 2 is 2.00 bits per heavy atom. The Kier molecular flexibility index (Phi) is 3.56. The van der Waals surface area contributed by atoms with Gasteiger partial charge in [0.1, 0.15) is 6.04 Å². The highest BCUT2D eigenvalue weighted by atomic mass is 16.4. The number of rotatable bonds is 2. The van der Waals surface area contributed by atoms with Crippen LogP contribution in [-0.4, -0.2) is 28.6 Å². The van der Waals surface area contributed by atoms with Gasteiger partial charge in [0.05, 0.1) is 0 Å². The highest BCUT2D eigenvalue weighted by Crippen LogP contribution is 2.38. The lowest BCUT2D eigenvalue weighted by molar-refractivity contribution is -0.144. The first-order chi connectivity index (χ1) is 9.27. The maximum atomic E-state index is 11.5. The van der Waals surface area contributed by atoms with E-state index >= 15 is 0 Å². The van der Waals surface area contributed by atoms with Crippen molar-refractivity contribution in [2.24, 2.45) is 0 Å². The van der Waals surface area contributed by atoms with E-state index in [-0.39, 0.29) is 6.04 Å². The number of aliphatic carboxylic acids is 1. The molecule has 3 nitrogen and oxygen atoms in total. The van der Waals surface area contributed by atoms with E-state index in [0.717, 1.165) is 45.1 Å². The number of nitrogens with zero attached hydrogens (tertiary/aromatic N) is 1. The molecule has 0 bridgehead atoms. The smallest absolute Gasteiger partial charge is 0.320 e. The molecular formula is C16H21NO2. The molecule has 102 valence electrons. The van der Waals surface area contributed by atoms with Gasteiger partial charge in [-0.05, 0) is 43.4 Å². The molecule has 0 aromatic heterocycles. The molecule has 3 heteroatoms. The lowest BCUT2D eigenvalue weighted by Gasteiger charge is -2.33. The van der Waals surface area contributed by atoms with Crippen LogP contribution in [0.25, 0.3) is 0 Å². The molecule has 0 saturated carbocycles. The summed E-state index contributed by atoms with van der Waals surface area (Å²) in [4.78, 5) is 13.8. The molecule has 1 aromatic carbocycles. The SMILES string of the molecule is O=C(O)C1CCCCCN1C1CCc2ccccc21. The third-order valence-electron chi connectivity index (χ3n) is 4.58. The fourth-order valence-corrected chi connectivity index (χ4v) is 3.65. The summed E-state index contributed by atoms with van der Waals surface area (Å²) in [6, 6.07) is 8.54. The van der Waals surface area contributed by atoms with E-state index in [9.17, 15) is 9.90 Å². The van der Waals surface area contributed by atoms with Crippen molar-refractivity contribution in [3.05, 3.63) is 35.4 Å². The molecule has 0 radical (unpaired) electrons. The molecule has 1 fully saturated rings. The molecule has 1 aliphatic heterocycles. The van der Waals surface area contributed by atoms with Gasteiger partial charge in [-0.1, -0.05) is 37.1 Å². The molecule has 1 N–H and O–H groups in total. The summed E-state index contributed by atoms with van der Waals surface area (Å²) in [6.07, 6.45) is 6.29. The summed E-state index contributed by atoms with van der Waals surface area (Å²) in [5, 5.41) is 9.50. The Morgan fingerprint density at radius 1 is 1.16 bits per heavy atom. The average Bonchev–Trinajstić information content (AvgIpc) is 2.67. The molecule has 0 amide bonds. The van der Waals surface area contributed by atoms with Crippen LogP contribution < -0.4 is 0 Å². The van der Waals surface area contributed by atoms with E-state index < -0.39 is 5.97 Å². The van der Waals surface area contributed by atoms with Gasteiger partial charge >= 0.3 is 5.97 Å². The predicted molar refractivity (Wildman–Crippen MR) is 74.1 cm³/mol. The molecule has 1 heterocycles. The van der Waals surface area contributed by atoms with Crippen LogP contribution in [0.4, 0.5) is 0 Å². The van der Waals surface area contributed by atoms with Crippen LogP contribution in [0, 0.1) is 0 Å². The summed E-state index contributed by atoms with van der Waals surface area (Å²) < 4.78 is 0. The van der Waals surface area contributed by atoms with E-state index in [0.29, 0.717) is 6.04 Å².